The van der Waals surface area contributed by atoms with E-state index >= 15 is 0 Å². The first-order chi connectivity index (χ1) is 11.8. The van der Waals surface area contributed by atoms with Crippen molar-refractivity contribution in [1.82, 2.24) is 25.6 Å². The summed E-state index contributed by atoms with van der Waals surface area (Å²) in [7, 11) is 0. The van der Waals surface area contributed by atoms with Crippen LogP contribution in [0.5, 0.6) is 0 Å². The summed E-state index contributed by atoms with van der Waals surface area (Å²) >= 11 is 0. The van der Waals surface area contributed by atoms with Gasteiger partial charge in [-0.3, -0.25) is 4.79 Å². The van der Waals surface area contributed by atoms with Gasteiger partial charge < -0.3 is 15.1 Å². The topological polar surface area (TPSA) is 85.0 Å². The molecule has 3 aromatic rings. The summed E-state index contributed by atoms with van der Waals surface area (Å²) in [4.78, 5) is 12.6. The predicted molar refractivity (Wildman–Crippen MR) is 86.9 cm³/mol. The van der Waals surface area contributed by atoms with E-state index in [1.807, 2.05) is 12.1 Å². The molecule has 0 spiro atoms. The van der Waals surface area contributed by atoms with Crippen molar-refractivity contribution >= 4 is 16.9 Å². The highest BCUT2D eigenvalue weighted by atomic mass is 16.3. The fraction of sp³-hybridized carbons (Fsp3) is 0.353. The van der Waals surface area contributed by atoms with Crippen LogP contribution in [0, 0.1) is 0 Å². The van der Waals surface area contributed by atoms with Gasteiger partial charge >= 0.3 is 0 Å². The number of carbonyl (C=O) groups is 1. The van der Waals surface area contributed by atoms with Gasteiger partial charge in [-0.05, 0) is 37.5 Å². The molecule has 2 aliphatic heterocycles. The molecule has 2 bridgehead atoms. The summed E-state index contributed by atoms with van der Waals surface area (Å²) < 4.78 is 7.18. The number of nitrogens with zero attached hydrogens (tertiary/aromatic N) is 3. The van der Waals surface area contributed by atoms with Crippen molar-refractivity contribution in [2.75, 3.05) is 0 Å². The standard InChI is InChI=1S/C17H17N5O2/c23-17(20-14-8-11-2-3-13(14)19-11)10-1-4-16-12(7-10)15(9-24-16)22-6-5-18-21-22/h1,4-7,9,11,13-14,19H,2-3,8H2,(H,20,23)/t11-,13+,14-/m1/s1. The van der Waals surface area contributed by atoms with Gasteiger partial charge in [0.25, 0.3) is 5.91 Å². The molecule has 7 nitrogen and oxygen atoms in total. The van der Waals surface area contributed by atoms with E-state index in [4.69, 9.17) is 4.42 Å². The van der Waals surface area contributed by atoms with Crippen molar-refractivity contribution < 1.29 is 9.21 Å². The Morgan fingerprint density at radius 2 is 2.33 bits per heavy atom. The average Bonchev–Trinajstić information content (AvgIpc) is 3.36. The van der Waals surface area contributed by atoms with Crippen molar-refractivity contribution in [3.8, 4) is 5.69 Å². The third-order valence-corrected chi connectivity index (χ3v) is 5.10. The van der Waals surface area contributed by atoms with E-state index in [2.05, 4.69) is 20.9 Å². The molecule has 122 valence electrons. The van der Waals surface area contributed by atoms with E-state index in [9.17, 15) is 4.79 Å². The first kappa shape index (κ1) is 13.7. The van der Waals surface area contributed by atoms with Gasteiger partial charge in [0.1, 0.15) is 17.5 Å². The zero-order valence-electron chi connectivity index (χ0n) is 13.0. The van der Waals surface area contributed by atoms with Gasteiger partial charge in [-0.2, -0.15) is 0 Å². The van der Waals surface area contributed by atoms with Crippen LogP contribution < -0.4 is 10.6 Å². The second kappa shape index (κ2) is 5.17. The summed E-state index contributed by atoms with van der Waals surface area (Å²) in [5, 5.41) is 15.4. The Kier molecular flexibility index (Phi) is 2.96. The lowest BCUT2D eigenvalue weighted by atomic mass is 9.95. The molecule has 0 unspecified atom stereocenters. The van der Waals surface area contributed by atoms with Gasteiger partial charge in [0.2, 0.25) is 0 Å². The first-order valence-corrected chi connectivity index (χ1v) is 8.23. The van der Waals surface area contributed by atoms with E-state index in [1.165, 1.54) is 6.42 Å². The minimum Gasteiger partial charge on any atom is -0.462 e. The fourth-order valence-corrected chi connectivity index (χ4v) is 3.91. The number of aromatic nitrogens is 3. The van der Waals surface area contributed by atoms with E-state index in [0.717, 1.165) is 29.5 Å². The summed E-state index contributed by atoms with van der Waals surface area (Å²) in [6.07, 6.45) is 8.37. The number of rotatable bonds is 3. The van der Waals surface area contributed by atoms with E-state index in [-0.39, 0.29) is 11.9 Å². The minimum absolute atomic E-state index is 0.0398. The largest absolute Gasteiger partial charge is 0.462 e. The molecule has 2 saturated heterocycles. The molecular formula is C17H17N5O2. The molecule has 24 heavy (non-hydrogen) atoms. The summed E-state index contributed by atoms with van der Waals surface area (Å²) in [6, 6.07) is 6.69. The molecule has 2 aromatic heterocycles. The SMILES string of the molecule is O=C(N[C@@H]1C[C@H]2CC[C@@H]1N2)c1ccc2occ(-n3ccnn3)c2c1. The van der Waals surface area contributed by atoms with Crippen molar-refractivity contribution in [1.29, 1.82) is 0 Å². The zero-order chi connectivity index (χ0) is 16.1. The Morgan fingerprint density at radius 3 is 3.08 bits per heavy atom. The number of hydrogen-bond acceptors (Lipinski definition) is 5. The number of nitrogens with one attached hydrogen (secondary N) is 2. The normalized spacial score (nSPS) is 25.4. The molecule has 5 rings (SSSR count). The van der Waals surface area contributed by atoms with Crippen LogP contribution in [0.2, 0.25) is 0 Å². The van der Waals surface area contributed by atoms with Gasteiger partial charge in [-0.15, -0.1) is 5.10 Å². The monoisotopic (exact) mass is 323 g/mol. The van der Waals surface area contributed by atoms with Crippen LogP contribution in [0.1, 0.15) is 29.6 Å². The van der Waals surface area contributed by atoms with Crippen LogP contribution >= 0.6 is 0 Å². The lowest BCUT2D eigenvalue weighted by Crippen LogP contribution is -2.42. The van der Waals surface area contributed by atoms with Gasteiger partial charge in [-0.1, -0.05) is 5.21 Å². The molecule has 0 radical (unpaired) electrons. The van der Waals surface area contributed by atoms with E-state index in [1.54, 1.807) is 29.4 Å². The third kappa shape index (κ3) is 2.12. The Morgan fingerprint density at radius 1 is 1.38 bits per heavy atom. The Bertz CT molecular complexity index is 901. The second-order valence-corrected chi connectivity index (χ2v) is 6.54. The maximum atomic E-state index is 12.6. The summed E-state index contributed by atoms with van der Waals surface area (Å²) in [6.45, 7) is 0. The highest BCUT2D eigenvalue weighted by molar-refractivity contribution is 5.99. The summed E-state index contributed by atoms with van der Waals surface area (Å²) in [5.74, 6) is -0.0398. The Hall–Kier alpha value is -2.67. The minimum atomic E-state index is -0.0398. The van der Waals surface area contributed by atoms with Crippen LogP contribution in [0.4, 0.5) is 0 Å². The van der Waals surface area contributed by atoms with E-state index < -0.39 is 0 Å². The lowest BCUT2D eigenvalue weighted by molar-refractivity contribution is 0.0931. The van der Waals surface area contributed by atoms with Crippen molar-refractivity contribution in [3.63, 3.8) is 0 Å². The van der Waals surface area contributed by atoms with Crippen molar-refractivity contribution in [2.45, 2.75) is 37.4 Å². The molecule has 2 N–H and O–H groups in total. The highest BCUT2D eigenvalue weighted by Crippen LogP contribution is 2.29. The molecule has 4 heterocycles. The van der Waals surface area contributed by atoms with Gasteiger partial charge in [0, 0.05) is 29.1 Å². The number of hydrogen-bond donors (Lipinski definition) is 2. The molecule has 1 aromatic carbocycles. The molecule has 1 amide bonds. The third-order valence-electron chi connectivity index (χ3n) is 5.10. The van der Waals surface area contributed by atoms with Crippen LogP contribution in [-0.2, 0) is 0 Å². The average molecular weight is 323 g/mol. The smallest absolute Gasteiger partial charge is 0.251 e. The molecule has 0 saturated carbocycles. The van der Waals surface area contributed by atoms with Crippen LogP contribution in [-0.4, -0.2) is 39.0 Å². The Balaban J connectivity index is 1.44. The fourth-order valence-electron chi connectivity index (χ4n) is 3.91. The number of furan rings is 1. The van der Waals surface area contributed by atoms with Crippen LogP contribution in [0.15, 0.2) is 41.3 Å². The Labute approximate surface area is 138 Å². The molecule has 7 heteroatoms. The van der Waals surface area contributed by atoms with Gasteiger partial charge in [0.15, 0.2) is 0 Å². The number of amides is 1. The van der Waals surface area contributed by atoms with Crippen molar-refractivity contribution in [2.24, 2.45) is 0 Å². The van der Waals surface area contributed by atoms with Crippen molar-refractivity contribution in [3.05, 3.63) is 42.4 Å². The summed E-state index contributed by atoms with van der Waals surface area (Å²) in [5.41, 5.74) is 2.13. The quantitative estimate of drug-likeness (QED) is 0.765. The zero-order valence-corrected chi connectivity index (χ0v) is 13.0. The maximum absolute atomic E-state index is 12.6. The number of carbonyl (C=O) groups excluding carboxylic acids is 1. The molecule has 2 fully saturated rings. The second-order valence-electron chi connectivity index (χ2n) is 6.54. The molecule has 2 aliphatic rings. The lowest BCUT2D eigenvalue weighted by Gasteiger charge is -2.21. The predicted octanol–water partition coefficient (Wildman–Crippen LogP) is 1.64. The van der Waals surface area contributed by atoms with Gasteiger partial charge in [-0.25, -0.2) is 4.68 Å². The van der Waals surface area contributed by atoms with Gasteiger partial charge in [0.05, 0.1) is 12.4 Å². The van der Waals surface area contributed by atoms with Crippen LogP contribution in [0.25, 0.3) is 16.7 Å². The molecular weight excluding hydrogens is 306 g/mol. The molecule has 3 atom stereocenters. The first-order valence-electron chi connectivity index (χ1n) is 8.23. The number of fused-ring (bicyclic) bond motifs is 3. The van der Waals surface area contributed by atoms with E-state index in [0.29, 0.717) is 17.6 Å². The maximum Gasteiger partial charge on any atom is 0.251 e. The number of benzene rings is 1. The van der Waals surface area contributed by atoms with Crippen LogP contribution in [0.3, 0.4) is 0 Å². The highest BCUT2D eigenvalue weighted by Gasteiger charge is 2.39. The molecule has 0 aliphatic carbocycles.